The summed E-state index contributed by atoms with van der Waals surface area (Å²) in [5.74, 6) is 0.131. The molecule has 3 heteroatoms. The van der Waals surface area contributed by atoms with E-state index in [4.69, 9.17) is 0 Å². The molecule has 0 radical (unpaired) electrons. The Hall–Kier alpha value is -0.570. The second kappa shape index (κ2) is 5.35. The van der Waals surface area contributed by atoms with Crippen molar-refractivity contribution in [3.8, 4) is 0 Å². The highest BCUT2D eigenvalue weighted by Crippen LogP contribution is 2.42. The summed E-state index contributed by atoms with van der Waals surface area (Å²) in [6.07, 6.45) is 5.08. The molecule has 0 spiro atoms. The van der Waals surface area contributed by atoms with Gasteiger partial charge in [0, 0.05) is 6.54 Å². The van der Waals surface area contributed by atoms with E-state index in [0.29, 0.717) is 12.0 Å². The third-order valence-corrected chi connectivity index (χ3v) is 3.36. The van der Waals surface area contributed by atoms with Crippen LogP contribution in [0.3, 0.4) is 0 Å². The summed E-state index contributed by atoms with van der Waals surface area (Å²) >= 11 is 0. The van der Waals surface area contributed by atoms with Crippen molar-refractivity contribution in [2.45, 2.75) is 39.5 Å². The van der Waals surface area contributed by atoms with E-state index in [-0.39, 0.29) is 5.91 Å². The summed E-state index contributed by atoms with van der Waals surface area (Å²) in [5.41, 5.74) is 0.432. The van der Waals surface area contributed by atoms with Crippen molar-refractivity contribution in [1.82, 2.24) is 10.6 Å². The van der Waals surface area contributed by atoms with Gasteiger partial charge in [-0.05, 0) is 31.2 Å². The van der Waals surface area contributed by atoms with Gasteiger partial charge in [0.25, 0.3) is 0 Å². The Morgan fingerprint density at radius 3 is 2.50 bits per heavy atom. The van der Waals surface area contributed by atoms with Gasteiger partial charge in [-0.3, -0.25) is 4.79 Å². The number of likely N-dealkylation sites (N-methyl/N-ethyl adjacent to an activating group) is 1. The Balaban J connectivity index is 2.15. The van der Waals surface area contributed by atoms with E-state index >= 15 is 0 Å². The highest BCUT2D eigenvalue weighted by Gasteiger charge is 2.34. The molecular formula is C11H22N2O. The lowest BCUT2D eigenvalue weighted by atomic mass is 9.67. The zero-order valence-corrected chi connectivity index (χ0v) is 9.36. The van der Waals surface area contributed by atoms with Crippen LogP contribution in [0.4, 0.5) is 0 Å². The van der Waals surface area contributed by atoms with Gasteiger partial charge in [-0.15, -0.1) is 0 Å². The first-order valence-electron chi connectivity index (χ1n) is 5.70. The van der Waals surface area contributed by atoms with Gasteiger partial charge in [-0.1, -0.05) is 20.3 Å². The number of hydrogen-bond donors (Lipinski definition) is 2. The standard InChI is InChI=1S/C11H22N2O/c1-3-11(6-5-7-11)9-13-10(14)8-12-4-2/h12H,3-9H2,1-2H3,(H,13,14). The van der Waals surface area contributed by atoms with Gasteiger partial charge in [0.15, 0.2) is 0 Å². The van der Waals surface area contributed by atoms with E-state index in [0.717, 1.165) is 13.1 Å². The number of hydrogen-bond acceptors (Lipinski definition) is 2. The smallest absolute Gasteiger partial charge is 0.233 e. The van der Waals surface area contributed by atoms with Crippen LogP contribution in [0.15, 0.2) is 0 Å². The predicted octanol–water partition coefficient (Wildman–Crippen LogP) is 1.29. The van der Waals surface area contributed by atoms with Crippen LogP contribution < -0.4 is 10.6 Å². The van der Waals surface area contributed by atoms with Gasteiger partial charge in [-0.25, -0.2) is 0 Å². The van der Waals surface area contributed by atoms with E-state index in [1.165, 1.54) is 25.7 Å². The molecule has 0 aromatic carbocycles. The third-order valence-electron chi connectivity index (χ3n) is 3.36. The Morgan fingerprint density at radius 1 is 1.36 bits per heavy atom. The zero-order chi connectivity index (χ0) is 10.4. The van der Waals surface area contributed by atoms with Gasteiger partial charge < -0.3 is 10.6 Å². The van der Waals surface area contributed by atoms with E-state index in [2.05, 4.69) is 17.6 Å². The van der Waals surface area contributed by atoms with E-state index in [9.17, 15) is 4.79 Å². The molecule has 1 aliphatic carbocycles. The predicted molar refractivity (Wildman–Crippen MR) is 58.1 cm³/mol. The first-order chi connectivity index (χ1) is 6.72. The first kappa shape index (κ1) is 11.5. The third kappa shape index (κ3) is 2.98. The van der Waals surface area contributed by atoms with Crippen molar-refractivity contribution in [3.05, 3.63) is 0 Å². The fourth-order valence-corrected chi connectivity index (χ4v) is 1.92. The van der Waals surface area contributed by atoms with Gasteiger partial charge >= 0.3 is 0 Å². The normalized spacial score (nSPS) is 18.7. The maximum absolute atomic E-state index is 11.3. The summed E-state index contributed by atoms with van der Waals surface area (Å²) in [6.45, 7) is 6.40. The van der Waals surface area contributed by atoms with E-state index < -0.39 is 0 Å². The molecule has 0 saturated heterocycles. The van der Waals surface area contributed by atoms with Crippen molar-refractivity contribution in [2.75, 3.05) is 19.6 Å². The topological polar surface area (TPSA) is 41.1 Å². The number of carbonyl (C=O) groups excluding carboxylic acids is 1. The molecule has 0 heterocycles. The molecule has 1 amide bonds. The monoisotopic (exact) mass is 198 g/mol. The average Bonchev–Trinajstić information content (AvgIpc) is 2.14. The molecule has 0 atom stereocenters. The van der Waals surface area contributed by atoms with Crippen LogP contribution in [-0.4, -0.2) is 25.5 Å². The summed E-state index contributed by atoms with van der Waals surface area (Å²) in [7, 11) is 0. The molecule has 0 bridgehead atoms. The molecule has 1 aliphatic rings. The van der Waals surface area contributed by atoms with Crippen molar-refractivity contribution < 1.29 is 4.79 Å². The summed E-state index contributed by atoms with van der Waals surface area (Å²) in [4.78, 5) is 11.3. The highest BCUT2D eigenvalue weighted by molar-refractivity contribution is 5.78. The number of nitrogens with one attached hydrogen (secondary N) is 2. The van der Waals surface area contributed by atoms with Crippen molar-refractivity contribution >= 4 is 5.91 Å². The van der Waals surface area contributed by atoms with Gasteiger partial charge in [0.05, 0.1) is 6.54 Å². The van der Waals surface area contributed by atoms with Crippen LogP contribution >= 0.6 is 0 Å². The Bertz CT molecular complexity index is 182. The molecule has 0 aliphatic heterocycles. The molecule has 1 fully saturated rings. The summed E-state index contributed by atoms with van der Waals surface area (Å²) in [6, 6.07) is 0. The fraction of sp³-hybridized carbons (Fsp3) is 0.909. The summed E-state index contributed by atoms with van der Waals surface area (Å²) in [5, 5.41) is 6.04. The second-order valence-corrected chi connectivity index (χ2v) is 4.26. The van der Waals surface area contributed by atoms with Crippen LogP contribution in [0.5, 0.6) is 0 Å². The minimum atomic E-state index is 0.131. The van der Waals surface area contributed by atoms with E-state index in [1.54, 1.807) is 0 Å². The lowest BCUT2D eigenvalue weighted by molar-refractivity contribution is -0.121. The van der Waals surface area contributed by atoms with Crippen LogP contribution in [0.1, 0.15) is 39.5 Å². The first-order valence-corrected chi connectivity index (χ1v) is 5.70. The molecular weight excluding hydrogens is 176 g/mol. The number of amides is 1. The lowest BCUT2D eigenvalue weighted by Gasteiger charge is -2.41. The quantitative estimate of drug-likeness (QED) is 0.675. The van der Waals surface area contributed by atoms with Crippen LogP contribution in [0.25, 0.3) is 0 Å². The molecule has 82 valence electrons. The van der Waals surface area contributed by atoms with Gasteiger partial charge in [-0.2, -0.15) is 0 Å². The largest absolute Gasteiger partial charge is 0.354 e. The van der Waals surface area contributed by atoms with Crippen LogP contribution in [0, 0.1) is 5.41 Å². The molecule has 0 unspecified atom stereocenters. The number of rotatable bonds is 6. The molecule has 14 heavy (non-hydrogen) atoms. The van der Waals surface area contributed by atoms with Gasteiger partial charge in [0.2, 0.25) is 5.91 Å². The SMILES string of the molecule is CCNCC(=O)NCC1(CC)CCC1. The molecule has 0 aromatic heterocycles. The highest BCUT2D eigenvalue weighted by atomic mass is 16.1. The van der Waals surface area contributed by atoms with Crippen molar-refractivity contribution in [3.63, 3.8) is 0 Å². The zero-order valence-electron chi connectivity index (χ0n) is 9.36. The lowest BCUT2D eigenvalue weighted by Crippen LogP contribution is -2.44. The molecule has 2 N–H and O–H groups in total. The van der Waals surface area contributed by atoms with Crippen LogP contribution in [0.2, 0.25) is 0 Å². The molecule has 1 saturated carbocycles. The minimum absolute atomic E-state index is 0.131. The Morgan fingerprint density at radius 2 is 2.07 bits per heavy atom. The fourth-order valence-electron chi connectivity index (χ4n) is 1.92. The second-order valence-electron chi connectivity index (χ2n) is 4.26. The maximum atomic E-state index is 11.3. The molecule has 1 rings (SSSR count). The Kier molecular flexibility index (Phi) is 4.39. The average molecular weight is 198 g/mol. The molecule has 3 nitrogen and oxygen atoms in total. The Labute approximate surface area is 86.6 Å². The van der Waals surface area contributed by atoms with E-state index in [1.807, 2.05) is 6.92 Å². The maximum Gasteiger partial charge on any atom is 0.233 e. The van der Waals surface area contributed by atoms with Gasteiger partial charge in [0.1, 0.15) is 0 Å². The number of carbonyl (C=O) groups is 1. The van der Waals surface area contributed by atoms with Crippen molar-refractivity contribution in [2.24, 2.45) is 5.41 Å². The van der Waals surface area contributed by atoms with Crippen molar-refractivity contribution in [1.29, 1.82) is 0 Å². The summed E-state index contributed by atoms with van der Waals surface area (Å²) < 4.78 is 0. The van der Waals surface area contributed by atoms with Crippen LogP contribution in [-0.2, 0) is 4.79 Å². The molecule has 0 aromatic rings. The minimum Gasteiger partial charge on any atom is -0.354 e.